The number of pyridine rings is 1. The SMILES string of the molecule is Cc1cc(Cl)c2nc(-c3nc(-c4cc(Cl)c(O[C@@H]5CN(Cl)C(=O)C(C)(F)C5)cc4Cl)no3)cn2c1. The lowest BCUT2D eigenvalue weighted by atomic mass is 9.95. The van der Waals surface area contributed by atoms with Crippen molar-refractivity contribution in [3.63, 3.8) is 0 Å². The van der Waals surface area contributed by atoms with Crippen LogP contribution in [0.4, 0.5) is 4.39 Å². The maximum atomic E-state index is 14.5. The van der Waals surface area contributed by atoms with Crippen molar-refractivity contribution in [3.8, 4) is 28.7 Å². The van der Waals surface area contributed by atoms with Gasteiger partial charge in [-0.1, -0.05) is 40.0 Å². The van der Waals surface area contributed by atoms with Gasteiger partial charge in [0.05, 0.1) is 21.6 Å². The number of piperidine rings is 1. The number of benzene rings is 1. The van der Waals surface area contributed by atoms with Crippen LogP contribution in [-0.2, 0) is 4.79 Å². The number of carbonyl (C=O) groups excluding carboxylic acids is 1. The largest absolute Gasteiger partial charge is 0.487 e. The third-order valence-corrected chi connectivity index (χ3v) is 6.66. The van der Waals surface area contributed by atoms with Crippen LogP contribution in [-0.4, -0.2) is 48.2 Å². The Morgan fingerprint density at radius 2 is 1.91 bits per heavy atom. The summed E-state index contributed by atoms with van der Waals surface area (Å²) in [6.07, 6.45) is 2.70. The van der Waals surface area contributed by atoms with Crippen molar-refractivity contribution in [2.45, 2.75) is 32.0 Å². The van der Waals surface area contributed by atoms with Crippen LogP contribution in [0.5, 0.6) is 5.75 Å². The number of nitrogens with zero attached hydrogens (tertiary/aromatic N) is 5. The number of alkyl halides is 1. The normalized spacial score (nSPS) is 20.6. The highest BCUT2D eigenvalue weighted by Crippen LogP contribution is 2.38. The lowest BCUT2D eigenvalue weighted by Crippen LogP contribution is -2.52. The zero-order valence-electron chi connectivity index (χ0n) is 18.2. The number of hydrogen-bond donors (Lipinski definition) is 0. The third-order valence-electron chi connectivity index (χ3n) is 5.49. The van der Waals surface area contributed by atoms with Crippen LogP contribution in [0.1, 0.15) is 18.9 Å². The molecule has 1 saturated heterocycles. The van der Waals surface area contributed by atoms with Gasteiger partial charge in [0.15, 0.2) is 11.3 Å². The van der Waals surface area contributed by atoms with Crippen LogP contribution in [0.3, 0.4) is 0 Å². The molecule has 1 aliphatic rings. The highest BCUT2D eigenvalue weighted by atomic mass is 35.5. The van der Waals surface area contributed by atoms with E-state index in [1.54, 1.807) is 10.6 Å². The van der Waals surface area contributed by atoms with Crippen molar-refractivity contribution in [3.05, 3.63) is 51.2 Å². The van der Waals surface area contributed by atoms with Crippen molar-refractivity contribution in [2.24, 2.45) is 0 Å². The van der Waals surface area contributed by atoms with Gasteiger partial charge >= 0.3 is 0 Å². The van der Waals surface area contributed by atoms with Crippen LogP contribution in [0.15, 0.2) is 35.1 Å². The monoisotopic (exact) mass is 557 g/mol. The standard InChI is InChI=1S/C22H16Cl4FN5O3/c1-10-3-15(25)19-28-16(9-31(19)7-10)20-29-18(30-35-20)12-4-14(24)17(5-13(12)23)34-11-6-22(2,27)21(33)32(26)8-11/h3-5,7,9,11H,6,8H2,1-2H3/t11-,22?/m0/s1. The maximum absolute atomic E-state index is 14.5. The topological polar surface area (TPSA) is 85.8 Å². The van der Waals surface area contributed by atoms with Crippen molar-refractivity contribution >= 4 is 58.1 Å². The molecule has 1 aliphatic heterocycles. The van der Waals surface area contributed by atoms with Gasteiger partial charge in [-0.3, -0.25) is 4.79 Å². The zero-order chi connectivity index (χ0) is 25.1. The van der Waals surface area contributed by atoms with Gasteiger partial charge in [0.25, 0.3) is 11.8 Å². The predicted molar refractivity (Wildman–Crippen MR) is 130 cm³/mol. The Kier molecular flexibility index (Phi) is 6.07. The molecule has 0 saturated carbocycles. The summed E-state index contributed by atoms with van der Waals surface area (Å²) in [6.45, 7) is 3.07. The number of halogens is 5. The number of fused-ring (bicyclic) bond motifs is 1. The first-order valence-electron chi connectivity index (χ1n) is 10.3. The van der Waals surface area contributed by atoms with Gasteiger partial charge in [0.2, 0.25) is 5.82 Å². The lowest BCUT2D eigenvalue weighted by Gasteiger charge is -2.35. The van der Waals surface area contributed by atoms with Crippen molar-refractivity contribution < 1.29 is 18.4 Å². The van der Waals surface area contributed by atoms with Gasteiger partial charge in [0.1, 0.15) is 17.5 Å². The van der Waals surface area contributed by atoms with Crippen molar-refractivity contribution in [1.29, 1.82) is 0 Å². The average Bonchev–Trinajstić information content (AvgIpc) is 3.41. The number of hydrogen-bond acceptors (Lipinski definition) is 6. The second-order valence-corrected chi connectivity index (χ2v) is 10.0. The summed E-state index contributed by atoms with van der Waals surface area (Å²) in [6, 6.07) is 4.79. The molecular weight excluding hydrogens is 543 g/mol. The van der Waals surface area contributed by atoms with Crippen molar-refractivity contribution in [2.75, 3.05) is 6.54 Å². The number of aryl methyl sites for hydroxylation is 1. The fourth-order valence-electron chi connectivity index (χ4n) is 3.87. The van der Waals surface area contributed by atoms with E-state index in [1.165, 1.54) is 12.1 Å². The Bertz CT molecular complexity index is 1470. The summed E-state index contributed by atoms with van der Waals surface area (Å²) in [4.78, 5) is 20.7. The summed E-state index contributed by atoms with van der Waals surface area (Å²) < 4.78 is 28.3. The number of ether oxygens (including phenoxy) is 1. The van der Waals surface area contributed by atoms with E-state index in [4.69, 9.17) is 55.8 Å². The minimum Gasteiger partial charge on any atom is -0.487 e. The number of carbonyl (C=O) groups is 1. The van der Waals surface area contributed by atoms with E-state index >= 15 is 0 Å². The number of imidazole rings is 1. The molecule has 182 valence electrons. The van der Waals surface area contributed by atoms with Crippen LogP contribution in [0.2, 0.25) is 15.1 Å². The smallest absolute Gasteiger partial charge is 0.278 e. The second kappa shape index (κ2) is 8.81. The van der Waals surface area contributed by atoms with E-state index in [1.807, 2.05) is 19.2 Å². The van der Waals surface area contributed by atoms with Crippen LogP contribution in [0, 0.1) is 6.92 Å². The molecular formula is C22H16Cl4FN5O3. The zero-order valence-corrected chi connectivity index (χ0v) is 21.3. The van der Waals surface area contributed by atoms with E-state index < -0.39 is 17.7 Å². The molecule has 35 heavy (non-hydrogen) atoms. The van der Waals surface area contributed by atoms with E-state index in [0.717, 1.165) is 16.9 Å². The second-order valence-electron chi connectivity index (χ2n) is 8.40. The van der Waals surface area contributed by atoms with Crippen LogP contribution < -0.4 is 4.74 Å². The maximum Gasteiger partial charge on any atom is 0.278 e. The summed E-state index contributed by atoms with van der Waals surface area (Å²) in [5.74, 6) is -0.255. The molecule has 4 aromatic rings. The predicted octanol–water partition coefficient (Wildman–Crippen LogP) is 6.18. The highest BCUT2D eigenvalue weighted by Gasteiger charge is 2.45. The van der Waals surface area contributed by atoms with Crippen LogP contribution >= 0.6 is 46.6 Å². The molecule has 1 unspecified atom stereocenters. The first-order valence-corrected chi connectivity index (χ1v) is 11.8. The minimum atomic E-state index is -2.15. The van der Waals surface area contributed by atoms with E-state index in [-0.39, 0.29) is 40.5 Å². The van der Waals surface area contributed by atoms with E-state index in [9.17, 15) is 9.18 Å². The summed E-state index contributed by atoms with van der Waals surface area (Å²) >= 11 is 25.0. The highest BCUT2D eigenvalue weighted by molar-refractivity contribution is 6.36. The first kappa shape index (κ1) is 24.1. The molecule has 2 atom stereocenters. The summed E-state index contributed by atoms with van der Waals surface area (Å²) in [5.41, 5.74) is 0.202. The van der Waals surface area contributed by atoms with Gasteiger partial charge < -0.3 is 13.7 Å². The lowest BCUT2D eigenvalue weighted by molar-refractivity contribution is -0.145. The molecule has 3 aromatic heterocycles. The Hall–Kier alpha value is -2.59. The molecule has 5 rings (SSSR count). The minimum absolute atomic E-state index is 0.00759. The van der Waals surface area contributed by atoms with Gasteiger partial charge in [0, 0.05) is 42.2 Å². The Morgan fingerprint density at radius 3 is 2.66 bits per heavy atom. The molecule has 0 bridgehead atoms. The molecule has 0 N–H and O–H groups in total. The van der Waals surface area contributed by atoms with Gasteiger partial charge in [-0.25, -0.2) is 13.8 Å². The number of aromatic nitrogens is 4. The molecule has 0 aliphatic carbocycles. The van der Waals surface area contributed by atoms with E-state index in [2.05, 4.69) is 15.1 Å². The van der Waals surface area contributed by atoms with Crippen LogP contribution in [0.25, 0.3) is 28.6 Å². The quantitative estimate of drug-likeness (QED) is 0.278. The van der Waals surface area contributed by atoms with E-state index in [0.29, 0.717) is 21.9 Å². The summed E-state index contributed by atoms with van der Waals surface area (Å²) in [5, 5.41) is 4.90. The fraction of sp³-hybridized carbons (Fsp3) is 0.273. The average molecular weight is 559 g/mol. The summed E-state index contributed by atoms with van der Waals surface area (Å²) in [7, 11) is 0. The van der Waals surface area contributed by atoms with Gasteiger partial charge in [-0.05, 0) is 31.5 Å². The molecule has 0 spiro atoms. The molecule has 1 aromatic carbocycles. The molecule has 8 nitrogen and oxygen atoms in total. The molecule has 13 heteroatoms. The Morgan fingerprint density at radius 1 is 1.14 bits per heavy atom. The molecule has 1 fully saturated rings. The number of amides is 1. The number of rotatable bonds is 4. The Balaban J connectivity index is 1.41. The molecule has 4 heterocycles. The van der Waals surface area contributed by atoms with Crippen molar-refractivity contribution in [1.82, 2.24) is 23.9 Å². The van der Waals surface area contributed by atoms with Gasteiger partial charge in [-0.2, -0.15) is 4.98 Å². The fourth-order valence-corrected chi connectivity index (χ4v) is 4.96. The molecule has 0 radical (unpaired) electrons. The molecule has 1 amide bonds. The third kappa shape index (κ3) is 4.53. The Labute approximate surface area is 218 Å². The van der Waals surface area contributed by atoms with Gasteiger partial charge in [-0.15, -0.1) is 0 Å². The first-order chi connectivity index (χ1) is 16.5.